The Balaban J connectivity index is 1.88. The average Bonchev–Trinajstić information content (AvgIpc) is 2.55. The summed E-state index contributed by atoms with van der Waals surface area (Å²) in [6.07, 6.45) is 7.17. The third-order valence-electron chi connectivity index (χ3n) is 4.03. The van der Waals surface area contributed by atoms with Gasteiger partial charge in [-0.25, -0.2) is 10.8 Å². The van der Waals surface area contributed by atoms with E-state index in [-0.39, 0.29) is 0 Å². The lowest BCUT2D eigenvalue weighted by Crippen LogP contribution is -2.29. The van der Waals surface area contributed by atoms with Crippen molar-refractivity contribution in [2.45, 2.75) is 37.0 Å². The molecule has 0 aliphatic heterocycles. The SMILES string of the molecule is CSC1CCCC(Nc2nc(NN)nc3ccccc23)C1. The van der Waals surface area contributed by atoms with Crippen molar-refractivity contribution >= 4 is 34.4 Å². The van der Waals surface area contributed by atoms with E-state index >= 15 is 0 Å². The standard InChI is InChI=1S/C15H21N5S/c1-21-11-6-4-5-10(9-11)17-14-12-7-2-3-8-13(12)18-15(19-14)20-16/h2-3,7-8,10-11H,4-6,9,16H2,1H3,(H2,17,18,19,20). The molecule has 1 fully saturated rings. The lowest BCUT2D eigenvalue weighted by Gasteiger charge is -2.29. The number of anilines is 2. The summed E-state index contributed by atoms with van der Waals surface area (Å²) < 4.78 is 0. The second kappa shape index (κ2) is 6.49. The van der Waals surface area contributed by atoms with E-state index in [9.17, 15) is 0 Å². The summed E-state index contributed by atoms with van der Waals surface area (Å²) in [5, 5.41) is 5.39. The molecule has 1 aromatic carbocycles. The van der Waals surface area contributed by atoms with Gasteiger partial charge in [-0.3, -0.25) is 5.43 Å². The van der Waals surface area contributed by atoms with Gasteiger partial charge in [-0.15, -0.1) is 0 Å². The number of nitrogens with two attached hydrogens (primary N) is 1. The van der Waals surface area contributed by atoms with Crippen LogP contribution in [0.25, 0.3) is 10.9 Å². The van der Waals surface area contributed by atoms with E-state index in [0.29, 0.717) is 12.0 Å². The fourth-order valence-electron chi connectivity index (χ4n) is 2.93. The largest absolute Gasteiger partial charge is 0.367 e. The van der Waals surface area contributed by atoms with Gasteiger partial charge in [-0.1, -0.05) is 18.6 Å². The summed E-state index contributed by atoms with van der Waals surface area (Å²) in [5.74, 6) is 6.81. The monoisotopic (exact) mass is 303 g/mol. The van der Waals surface area contributed by atoms with E-state index in [2.05, 4.69) is 27.0 Å². The van der Waals surface area contributed by atoms with Gasteiger partial charge in [0.2, 0.25) is 5.95 Å². The van der Waals surface area contributed by atoms with E-state index < -0.39 is 0 Å². The fraction of sp³-hybridized carbons (Fsp3) is 0.467. The van der Waals surface area contributed by atoms with Gasteiger partial charge in [0.15, 0.2) is 0 Å². The minimum Gasteiger partial charge on any atom is -0.367 e. The lowest BCUT2D eigenvalue weighted by atomic mass is 9.95. The molecule has 21 heavy (non-hydrogen) atoms. The number of para-hydroxylation sites is 1. The molecule has 1 heterocycles. The number of aromatic nitrogens is 2. The number of hydrogen-bond acceptors (Lipinski definition) is 6. The highest BCUT2D eigenvalue weighted by Gasteiger charge is 2.22. The number of nitrogens with one attached hydrogen (secondary N) is 2. The molecule has 112 valence electrons. The molecule has 0 bridgehead atoms. The molecule has 1 aromatic heterocycles. The Kier molecular flexibility index (Phi) is 4.45. The maximum atomic E-state index is 5.48. The van der Waals surface area contributed by atoms with E-state index in [0.717, 1.165) is 22.0 Å². The predicted molar refractivity (Wildman–Crippen MR) is 90.5 cm³/mol. The highest BCUT2D eigenvalue weighted by atomic mass is 32.2. The molecule has 1 saturated carbocycles. The number of nitrogen functional groups attached to an aromatic ring is 1. The molecule has 2 aromatic rings. The minimum atomic E-state index is 0.452. The summed E-state index contributed by atoms with van der Waals surface area (Å²) in [7, 11) is 0. The molecule has 0 spiro atoms. The molecule has 6 heteroatoms. The number of thioether (sulfide) groups is 1. The van der Waals surface area contributed by atoms with Gasteiger partial charge in [0.05, 0.1) is 5.52 Å². The van der Waals surface area contributed by atoms with E-state index in [1.807, 2.05) is 36.0 Å². The van der Waals surface area contributed by atoms with E-state index in [1.54, 1.807) is 0 Å². The van der Waals surface area contributed by atoms with Crippen LogP contribution in [-0.2, 0) is 0 Å². The first-order valence-corrected chi connectivity index (χ1v) is 8.61. The van der Waals surface area contributed by atoms with Crippen molar-refractivity contribution in [3.63, 3.8) is 0 Å². The molecule has 1 aliphatic carbocycles. The third-order valence-corrected chi connectivity index (χ3v) is 5.13. The zero-order valence-electron chi connectivity index (χ0n) is 12.2. The Labute approximate surface area is 129 Å². The van der Waals surface area contributed by atoms with Crippen LogP contribution in [0, 0.1) is 0 Å². The first kappa shape index (κ1) is 14.4. The van der Waals surface area contributed by atoms with Crippen molar-refractivity contribution in [2.75, 3.05) is 17.0 Å². The lowest BCUT2D eigenvalue weighted by molar-refractivity contribution is 0.473. The Morgan fingerprint density at radius 3 is 2.90 bits per heavy atom. The molecule has 2 atom stereocenters. The van der Waals surface area contributed by atoms with Crippen LogP contribution in [0.3, 0.4) is 0 Å². The fourth-order valence-corrected chi connectivity index (χ4v) is 3.76. The first-order chi connectivity index (χ1) is 10.3. The van der Waals surface area contributed by atoms with Crippen molar-refractivity contribution in [2.24, 2.45) is 5.84 Å². The van der Waals surface area contributed by atoms with Gasteiger partial charge < -0.3 is 5.32 Å². The zero-order valence-corrected chi connectivity index (χ0v) is 13.0. The van der Waals surface area contributed by atoms with Gasteiger partial charge in [-0.2, -0.15) is 16.7 Å². The normalized spacial score (nSPS) is 22.2. The van der Waals surface area contributed by atoms with Crippen molar-refractivity contribution < 1.29 is 0 Å². The maximum Gasteiger partial charge on any atom is 0.239 e. The topological polar surface area (TPSA) is 75.9 Å². The Morgan fingerprint density at radius 2 is 2.10 bits per heavy atom. The smallest absolute Gasteiger partial charge is 0.239 e. The van der Waals surface area contributed by atoms with Gasteiger partial charge in [-0.05, 0) is 37.7 Å². The number of fused-ring (bicyclic) bond motifs is 1. The second-order valence-corrected chi connectivity index (χ2v) is 6.56. The molecule has 0 amide bonds. The Hall–Kier alpha value is -1.53. The van der Waals surface area contributed by atoms with Crippen LogP contribution in [0.2, 0.25) is 0 Å². The molecule has 5 nitrogen and oxygen atoms in total. The van der Waals surface area contributed by atoms with Gasteiger partial charge in [0, 0.05) is 16.7 Å². The molecule has 0 saturated heterocycles. The maximum absolute atomic E-state index is 5.48. The van der Waals surface area contributed by atoms with Crippen molar-refractivity contribution in [3.05, 3.63) is 24.3 Å². The van der Waals surface area contributed by atoms with Crippen molar-refractivity contribution in [1.29, 1.82) is 0 Å². The summed E-state index contributed by atoms with van der Waals surface area (Å²) in [6, 6.07) is 8.49. The molecular formula is C15H21N5S. The van der Waals surface area contributed by atoms with Crippen LogP contribution in [-0.4, -0.2) is 27.5 Å². The summed E-state index contributed by atoms with van der Waals surface area (Å²) in [5.41, 5.74) is 3.45. The first-order valence-electron chi connectivity index (χ1n) is 7.33. The molecule has 4 N–H and O–H groups in total. The van der Waals surface area contributed by atoms with Crippen molar-refractivity contribution in [3.8, 4) is 0 Å². The summed E-state index contributed by atoms with van der Waals surface area (Å²) >= 11 is 1.97. The number of benzene rings is 1. The number of hydrazine groups is 1. The van der Waals surface area contributed by atoms with Crippen LogP contribution in [0.4, 0.5) is 11.8 Å². The van der Waals surface area contributed by atoms with Gasteiger partial charge >= 0.3 is 0 Å². The number of rotatable bonds is 4. The third kappa shape index (κ3) is 3.22. The quantitative estimate of drug-likeness (QED) is 0.595. The minimum absolute atomic E-state index is 0.452. The highest BCUT2D eigenvalue weighted by Crippen LogP contribution is 2.30. The molecule has 1 aliphatic rings. The predicted octanol–water partition coefficient (Wildman–Crippen LogP) is 3.00. The van der Waals surface area contributed by atoms with Crippen LogP contribution in [0.15, 0.2) is 24.3 Å². The van der Waals surface area contributed by atoms with Crippen LogP contribution in [0.5, 0.6) is 0 Å². The highest BCUT2D eigenvalue weighted by molar-refractivity contribution is 7.99. The molecule has 3 rings (SSSR count). The van der Waals surface area contributed by atoms with Crippen LogP contribution in [0.1, 0.15) is 25.7 Å². The Morgan fingerprint density at radius 1 is 1.24 bits per heavy atom. The molecule has 2 unspecified atom stereocenters. The zero-order chi connectivity index (χ0) is 14.7. The van der Waals surface area contributed by atoms with E-state index in [1.165, 1.54) is 25.7 Å². The van der Waals surface area contributed by atoms with Crippen LogP contribution < -0.4 is 16.6 Å². The number of hydrogen-bond donors (Lipinski definition) is 3. The van der Waals surface area contributed by atoms with Crippen LogP contribution >= 0.6 is 11.8 Å². The van der Waals surface area contributed by atoms with Crippen molar-refractivity contribution in [1.82, 2.24) is 9.97 Å². The molecule has 0 radical (unpaired) electrons. The number of nitrogens with zero attached hydrogens (tertiary/aromatic N) is 2. The Bertz CT molecular complexity index is 618. The average molecular weight is 303 g/mol. The van der Waals surface area contributed by atoms with E-state index in [4.69, 9.17) is 5.84 Å². The van der Waals surface area contributed by atoms with Gasteiger partial charge in [0.25, 0.3) is 0 Å². The molecular weight excluding hydrogens is 282 g/mol. The second-order valence-electron chi connectivity index (χ2n) is 5.42. The summed E-state index contributed by atoms with van der Waals surface area (Å²) in [6.45, 7) is 0. The van der Waals surface area contributed by atoms with Gasteiger partial charge in [0.1, 0.15) is 5.82 Å². The summed E-state index contributed by atoms with van der Waals surface area (Å²) in [4.78, 5) is 8.89.